The van der Waals surface area contributed by atoms with Gasteiger partial charge in [0.25, 0.3) is 5.91 Å². The van der Waals surface area contributed by atoms with Crippen LogP contribution in [0.1, 0.15) is 41.6 Å². The van der Waals surface area contributed by atoms with Gasteiger partial charge in [-0.1, -0.05) is 12.8 Å². The fourth-order valence-electron chi connectivity index (χ4n) is 3.78. The Morgan fingerprint density at radius 2 is 2.06 bits per heavy atom. The van der Waals surface area contributed by atoms with Gasteiger partial charge in [0.2, 0.25) is 5.95 Å². The zero-order valence-electron chi connectivity index (χ0n) is 16.4. The minimum absolute atomic E-state index is 0.0520. The monoisotopic (exact) mass is 434 g/mol. The van der Waals surface area contributed by atoms with Crippen LogP contribution in [-0.4, -0.2) is 43.2 Å². The lowest BCUT2D eigenvalue weighted by Gasteiger charge is -2.31. The van der Waals surface area contributed by atoms with E-state index in [-0.39, 0.29) is 41.5 Å². The Hall–Kier alpha value is -3.21. The van der Waals surface area contributed by atoms with Crippen molar-refractivity contribution in [2.24, 2.45) is 5.92 Å². The molecule has 164 valence electrons. The van der Waals surface area contributed by atoms with Crippen LogP contribution in [0.5, 0.6) is 0 Å². The molecule has 1 aliphatic rings. The van der Waals surface area contributed by atoms with Crippen LogP contribution in [0.4, 0.5) is 24.9 Å². The van der Waals surface area contributed by atoms with Crippen LogP contribution in [0.25, 0.3) is 5.65 Å². The molecule has 1 saturated carbocycles. The van der Waals surface area contributed by atoms with Crippen molar-refractivity contribution < 1.29 is 23.1 Å². The predicted molar refractivity (Wildman–Crippen MR) is 107 cm³/mol. The summed E-state index contributed by atoms with van der Waals surface area (Å²) < 4.78 is 41.6. The van der Waals surface area contributed by atoms with Crippen molar-refractivity contribution in [1.29, 1.82) is 0 Å². The molecule has 0 saturated heterocycles. The second-order valence-corrected chi connectivity index (χ2v) is 7.51. The van der Waals surface area contributed by atoms with Crippen molar-refractivity contribution in [1.82, 2.24) is 19.6 Å². The Bertz CT molecular complexity index is 1070. The summed E-state index contributed by atoms with van der Waals surface area (Å²) in [7, 11) is 0. The van der Waals surface area contributed by atoms with Gasteiger partial charge in [0, 0.05) is 31.0 Å². The molecule has 4 rings (SSSR count). The maximum absolute atomic E-state index is 13.5. The van der Waals surface area contributed by atoms with Crippen LogP contribution in [0.15, 0.2) is 36.7 Å². The first-order valence-corrected chi connectivity index (χ1v) is 9.92. The number of anilines is 2. The van der Waals surface area contributed by atoms with Crippen molar-refractivity contribution in [3.8, 4) is 0 Å². The van der Waals surface area contributed by atoms with Crippen LogP contribution in [0, 0.1) is 5.92 Å². The van der Waals surface area contributed by atoms with E-state index in [0.717, 1.165) is 37.8 Å². The van der Waals surface area contributed by atoms with Crippen LogP contribution in [0.2, 0.25) is 0 Å². The Morgan fingerprint density at radius 1 is 1.26 bits per heavy atom. The van der Waals surface area contributed by atoms with Gasteiger partial charge < -0.3 is 10.4 Å². The van der Waals surface area contributed by atoms with Crippen molar-refractivity contribution in [3.63, 3.8) is 0 Å². The minimum atomic E-state index is -4.58. The van der Waals surface area contributed by atoms with Crippen molar-refractivity contribution >= 4 is 23.3 Å². The number of aromatic nitrogens is 4. The number of carbonyl (C=O) groups is 1. The number of rotatable bonds is 5. The summed E-state index contributed by atoms with van der Waals surface area (Å²) in [5.41, 5.74) is -0.671. The maximum Gasteiger partial charge on any atom is 0.416 e. The number of hydrogen-bond acceptors (Lipinski definition) is 6. The highest BCUT2D eigenvalue weighted by Gasteiger charge is 2.33. The molecule has 1 fully saturated rings. The molecular weight excluding hydrogens is 413 g/mol. The van der Waals surface area contributed by atoms with Gasteiger partial charge in [-0.15, -0.1) is 5.10 Å². The fourth-order valence-corrected chi connectivity index (χ4v) is 3.78. The molecule has 0 aromatic carbocycles. The number of pyridine rings is 2. The third kappa shape index (κ3) is 4.61. The highest BCUT2D eigenvalue weighted by Crippen LogP contribution is 2.33. The Balaban J connectivity index is 1.69. The van der Waals surface area contributed by atoms with Gasteiger partial charge in [-0.2, -0.15) is 22.7 Å². The first kappa shape index (κ1) is 21.0. The summed E-state index contributed by atoms with van der Waals surface area (Å²) >= 11 is 0. The number of amides is 1. The lowest BCUT2D eigenvalue weighted by molar-refractivity contribution is -0.137. The highest BCUT2D eigenvalue weighted by molar-refractivity contribution is 6.03. The number of aliphatic hydroxyl groups excluding tert-OH is 1. The number of fused-ring (bicyclic) bond motifs is 1. The van der Waals surface area contributed by atoms with Gasteiger partial charge >= 0.3 is 6.18 Å². The summed E-state index contributed by atoms with van der Waals surface area (Å²) in [6.45, 7) is -0.0520. The first-order valence-electron chi connectivity index (χ1n) is 9.92. The Labute approximate surface area is 175 Å². The molecule has 8 nitrogen and oxygen atoms in total. The molecule has 1 unspecified atom stereocenters. The molecular formula is C20H21F3N6O2. The van der Waals surface area contributed by atoms with E-state index in [0.29, 0.717) is 0 Å². The number of halogens is 3. The fraction of sp³-hybridized carbons (Fsp3) is 0.400. The molecule has 3 aromatic rings. The zero-order chi connectivity index (χ0) is 22.0. The number of nitrogens with one attached hydrogen (secondary N) is 2. The second-order valence-electron chi connectivity index (χ2n) is 7.51. The van der Waals surface area contributed by atoms with E-state index in [4.69, 9.17) is 0 Å². The third-order valence-electron chi connectivity index (χ3n) is 5.39. The molecule has 0 spiro atoms. The molecule has 1 amide bonds. The van der Waals surface area contributed by atoms with Gasteiger partial charge in [-0.3, -0.25) is 15.1 Å². The molecule has 3 aromatic heterocycles. The smallest absolute Gasteiger partial charge is 0.396 e. The molecule has 1 aliphatic carbocycles. The summed E-state index contributed by atoms with van der Waals surface area (Å²) in [6, 6.07) is 4.79. The van der Waals surface area contributed by atoms with Crippen molar-refractivity contribution in [3.05, 3.63) is 47.8 Å². The predicted octanol–water partition coefficient (Wildman–Crippen LogP) is 3.36. The SMILES string of the molecule is O=C(Nc1nc2cc(C(F)(F)F)cc(NC3CCCC[C@@H]3CO)n2n1)c1cccnc1. The average Bonchev–Trinajstić information content (AvgIpc) is 3.17. The van der Waals surface area contributed by atoms with Gasteiger partial charge in [-0.05, 0) is 37.1 Å². The van der Waals surface area contributed by atoms with Crippen molar-refractivity contribution in [2.45, 2.75) is 37.9 Å². The lowest BCUT2D eigenvalue weighted by atomic mass is 9.85. The number of aliphatic hydroxyl groups is 1. The zero-order valence-corrected chi connectivity index (χ0v) is 16.4. The van der Waals surface area contributed by atoms with Crippen LogP contribution in [-0.2, 0) is 6.18 Å². The van der Waals surface area contributed by atoms with Gasteiger partial charge in [0.15, 0.2) is 5.65 Å². The number of hydrogen-bond donors (Lipinski definition) is 3. The average molecular weight is 434 g/mol. The number of carbonyl (C=O) groups excluding carboxylic acids is 1. The van der Waals surface area contributed by atoms with E-state index >= 15 is 0 Å². The van der Waals surface area contributed by atoms with E-state index in [1.165, 1.54) is 16.9 Å². The van der Waals surface area contributed by atoms with Gasteiger partial charge in [0.1, 0.15) is 5.82 Å². The van der Waals surface area contributed by atoms with E-state index in [9.17, 15) is 23.1 Å². The van der Waals surface area contributed by atoms with E-state index in [2.05, 4.69) is 25.7 Å². The maximum atomic E-state index is 13.5. The van der Waals surface area contributed by atoms with Crippen LogP contribution < -0.4 is 10.6 Å². The quantitative estimate of drug-likeness (QED) is 0.569. The molecule has 0 aliphatic heterocycles. The van der Waals surface area contributed by atoms with Crippen LogP contribution >= 0.6 is 0 Å². The Kier molecular flexibility index (Phi) is 5.77. The van der Waals surface area contributed by atoms with E-state index in [1.54, 1.807) is 12.1 Å². The molecule has 2 atom stereocenters. The molecule has 11 heteroatoms. The summed E-state index contributed by atoms with van der Waals surface area (Å²) in [4.78, 5) is 20.3. The van der Waals surface area contributed by atoms with Gasteiger partial charge in [-0.25, -0.2) is 0 Å². The molecule has 31 heavy (non-hydrogen) atoms. The second kappa shape index (κ2) is 8.50. The van der Waals surface area contributed by atoms with E-state index < -0.39 is 17.6 Å². The lowest BCUT2D eigenvalue weighted by Crippen LogP contribution is -2.35. The van der Waals surface area contributed by atoms with Crippen LogP contribution in [0.3, 0.4) is 0 Å². The molecule has 0 radical (unpaired) electrons. The topological polar surface area (TPSA) is 104 Å². The molecule has 3 N–H and O–H groups in total. The molecule has 0 bridgehead atoms. The standard InChI is InChI=1S/C20H21F3N6O2/c21-20(22,23)14-8-16(25-15-6-2-1-4-13(15)11-30)29-17(9-14)26-19(28-29)27-18(31)12-5-3-7-24-10-12/h3,5,7-10,13,15,25,30H,1-2,4,6,11H2,(H,27,28,31)/t13-,15?/m1/s1. The van der Waals surface area contributed by atoms with E-state index in [1.807, 2.05) is 0 Å². The largest absolute Gasteiger partial charge is 0.416 e. The summed E-state index contributed by atoms with van der Waals surface area (Å²) in [5.74, 6) is -0.614. The molecule has 3 heterocycles. The normalized spacial score (nSPS) is 19.4. The summed E-state index contributed by atoms with van der Waals surface area (Å²) in [5, 5.41) is 19.4. The van der Waals surface area contributed by atoms with Gasteiger partial charge in [0.05, 0.1) is 11.1 Å². The first-order chi connectivity index (χ1) is 14.8. The van der Waals surface area contributed by atoms with Crippen molar-refractivity contribution in [2.75, 3.05) is 17.2 Å². The number of alkyl halides is 3. The summed E-state index contributed by atoms with van der Waals surface area (Å²) in [6.07, 6.45) is 1.70. The minimum Gasteiger partial charge on any atom is -0.396 e. The highest BCUT2D eigenvalue weighted by atomic mass is 19.4. The number of nitrogens with zero attached hydrogens (tertiary/aromatic N) is 4. The third-order valence-corrected chi connectivity index (χ3v) is 5.39. The Morgan fingerprint density at radius 3 is 2.77 bits per heavy atom.